The van der Waals surface area contributed by atoms with Crippen LogP contribution in [0.1, 0.15) is 22.3 Å². The van der Waals surface area contributed by atoms with Crippen molar-refractivity contribution < 1.29 is 0 Å². The van der Waals surface area contributed by atoms with Crippen molar-refractivity contribution in [1.29, 1.82) is 5.26 Å². The number of rotatable bonds is 3. The maximum Gasteiger partial charge on any atom is 0.195 e. The molecule has 0 saturated heterocycles. The van der Waals surface area contributed by atoms with E-state index >= 15 is 0 Å². The van der Waals surface area contributed by atoms with E-state index < -0.39 is 0 Å². The first kappa shape index (κ1) is 26.5. The second-order valence-electron chi connectivity index (χ2n) is 11.9. The Morgan fingerprint density at radius 1 is 0.533 bits per heavy atom. The zero-order valence-electron chi connectivity index (χ0n) is 25.3. The first-order valence-corrected chi connectivity index (χ1v) is 15.0. The maximum absolute atomic E-state index is 10.6. The summed E-state index contributed by atoms with van der Waals surface area (Å²) in [5, 5.41) is 15.3. The van der Waals surface area contributed by atoms with E-state index in [9.17, 15) is 5.26 Å². The van der Waals surface area contributed by atoms with Crippen molar-refractivity contribution >= 4 is 49.3 Å². The van der Waals surface area contributed by atoms with E-state index in [4.69, 9.17) is 6.57 Å². The summed E-state index contributed by atoms with van der Waals surface area (Å²) >= 11 is 0. The van der Waals surface area contributed by atoms with Crippen molar-refractivity contribution in [3.8, 4) is 28.6 Å². The van der Waals surface area contributed by atoms with Crippen LogP contribution in [0.5, 0.6) is 0 Å². The lowest BCUT2D eigenvalue weighted by atomic mass is 9.95. The summed E-state index contributed by atoms with van der Waals surface area (Å²) in [6, 6.07) is 42.7. The Morgan fingerprint density at radius 2 is 1.02 bits per heavy atom. The second-order valence-corrected chi connectivity index (χ2v) is 11.9. The number of hydrogen-bond donors (Lipinski definition) is 0. The molecule has 0 aliphatic carbocycles. The smallest absolute Gasteiger partial charge is 0.195 e. The predicted octanol–water partition coefficient (Wildman–Crippen LogP) is 10.9. The van der Waals surface area contributed by atoms with E-state index in [1.807, 2.05) is 31.2 Å². The molecule has 8 aromatic rings. The molecule has 2 aromatic heterocycles. The highest BCUT2D eigenvalue weighted by Gasteiger charge is 2.23. The summed E-state index contributed by atoms with van der Waals surface area (Å²) in [6.45, 7) is 14.2. The van der Waals surface area contributed by atoms with Crippen LogP contribution in [0, 0.1) is 38.7 Å². The number of hydrogen-bond acceptors (Lipinski definition) is 1. The summed E-state index contributed by atoms with van der Waals surface area (Å²) in [5.41, 5.74) is 12.1. The van der Waals surface area contributed by atoms with Crippen LogP contribution in [0.4, 0.5) is 5.69 Å². The molecule has 0 spiro atoms. The molecule has 4 nitrogen and oxygen atoms in total. The largest absolute Gasteiger partial charge is 0.307 e. The van der Waals surface area contributed by atoms with Crippen molar-refractivity contribution in [3.63, 3.8) is 0 Å². The quantitative estimate of drug-likeness (QED) is 0.193. The Balaban J connectivity index is 1.60. The Hall–Kier alpha value is -6.10. The van der Waals surface area contributed by atoms with Crippen molar-refractivity contribution in [3.05, 3.63) is 149 Å². The molecular weight excluding hydrogens is 548 g/mol. The molecule has 8 rings (SSSR count). The zero-order valence-corrected chi connectivity index (χ0v) is 25.3. The summed E-state index contributed by atoms with van der Waals surface area (Å²) in [4.78, 5) is 3.88. The fourth-order valence-electron chi connectivity index (χ4n) is 6.89. The number of benzene rings is 6. The molecule has 0 aliphatic heterocycles. The van der Waals surface area contributed by atoms with Gasteiger partial charge in [-0.25, -0.2) is 4.85 Å². The van der Waals surface area contributed by atoms with E-state index in [-0.39, 0.29) is 0 Å². The fourth-order valence-corrected chi connectivity index (χ4v) is 6.89. The maximum atomic E-state index is 10.6. The molecule has 0 unspecified atom stereocenters. The van der Waals surface area contributed by atoms with Crippen LogP contribution in [0.25, 0.3) is 71.0 Å². The van der Waals surface area contributed by atoms with Gasteiger partial charge in [0.2, 0.25) is 0 Å². The van der Waals surface area contributed by atoms with Crippen molar-refractivity contribution in [2.24, 2.45) is 0 Å². The number of nitrogens with zero attached hydrogens (tertiary/aromatic N) is 4. The van der Waals surface area contributed by atoms with Crippen LogP contribution in [0.2, 0.25) is 0 Å². The molecule has 0 bridgehead atoms. The van der Waals surface area contributed by atoms with Gasteiger partial charge in [0.1, 0.15) is 0 Å². The Kier molecular flexibility index (Phi) is 5.88. The molecular formula is C41H28N4. The lowest BCUT2D eigenvalue weighted by Crippen LogP contribution is -2.05. The van der Waals surface area contributed by atoms with E-state index in [1.54, 1.807) is 0 Å². The topological polar surface area (TPSA) is 38.0 Å². The summed E-state index contributed by atoms with van der Waals surface area (Å²) < 4.78 is 4.64. The van der Waals surface area contributed by atoms with Crippen LogP contribution in [0.3, 0.4) is 0 Å². The summed E-state index contributed by atoms with van der Waals surface area (Å²) in [6.07, 6.45) is 0. The van der Waals surface area contributed by atoms with Gasteiger partial charge in [-0.1, -0.05) is 84.4 Å². The van der Waals surface area contributed by atoms with Gasteiger partial charge in [-0.2, -0.15) is 5.26 Å². The highest BCUT2D eigenvalue weighted by molar-refractivity contribution is 6.12. The van der Waals surface area contributed by atoms with Crippen molar-refractivity contribution in [1.82, 2.24) is 9.13 Å². The summed E-state index contributed by atoms with van der Waals surface area (Å²) in [7, 11) is 0. The fraction of sp³-hybridized carbons (Fsp3) is 0.0732. The van der Waals surface area contributed by atoms with Gasteiger partial charge >= 0.3 is 0 Å². The molecule has 0 atom stereocenters. The molecule has 0 radical (unpaired) electrons. The van der Waals surface area contributed by atoms with Gasteiger partial charge in [-0.3, -0.25) is 0 Å². The lowest BCUT2D eigenvalue weighted by molar-refractivity contribution is 1.09. The molecule has 45 heavy (non-hydrogen) atoms. The van der Waals surface area contributed by atoms with E-state index in [0.29, 0.717) is 11.3 Å². The second kappa shape index (κ2) is 9.98. The van der Waals surface area contributed by atoms with Crippen LogP contribution >= 0.6 is 0 Å². The Labute approximate surface area is 261 Å². The van der Waals surface area contributed by atoms with Crippen LogP contribution in [-0.2, 0) is 0 Å². The number of aromatic nitrogens is 2. The van der Waals surface area contributed by atoms with Crippen LogP contribution < -0.4 is 0 Å². The van der Waals surface area contributed by atoms with Crippen LogP contribution in [-0.4, -0.2) is 9.13 Å². The van der Waals surface area contributed by atoms with Crippen LogP contribution in [0.15, 0.2) is 115 Å². The van der Waals surface area contributed by atoms with Crippen molar-refractivity contribution in [2.45, 2.75) is 20.8 Å². The highest BCUT2D eigenvalue weighted by atomic mass is 15.1. The van der Waals surface area contributed by atoms with Gasteiger partial charge in [-0.15, -0.1) is 0 Å². The van der Waals surface area contributed by atoms with Gasteiger partial charge in [0.05, 0.1) is 51.6 Å². The van der Waals surface area contributed by atoms with Gasteiger partial charge < -0.3 is 9.13 Å². The average molecular weight is 577 g/mol. The van der Waals surface area contributed by atoms with E-state index in [1.165, 1.54) is 21.9 Å². The number of fused-ring (bicyclic) bond motifs is 6. The molecule has 4 heteroatoms. The minimum Gasteiger partial charge on any atom is -0.307 e. The van der Waals surface area contributed by atoms with Gasteiger partial charge in [0, 0.05) is 21.5 Å². The summed E-state index contributed by atoms with van der Waals surface area (Å²) in [5.74, 6) is 0. The van der Waals surface area contributed by atoms with Gasteiger partial charge in [-0.05, 0) is 79.4 Å². The third-order valence-electron chi connectivity index (χ3n) is 8.94. The monoisotopic (exact) mass is 576 g/mol. The lowest BCUT2D eigenvalue weighted by Gasteiger charge is -2.20. The third-order valence-corrected chi connectivity index (χ3v) is 8.94. The SMILES string of the molecule is [C-]#[N+]c1cc(C)ccc1-c1cc(-n2c3ccccc3c3ccc(C)cc32)c(-n2c3ccccc3c3ccc(C)cc32)cc1C#N. The first-order valence-electron chi connectivity index (χ1n) is 15.0. The van der Waals surface area contributed by atoms with E-state index in [0.717, 1.165) is 60.9 Å². The molecule has 0 saturated carbocycles. The highest BCUT2D eigenvalue weighted by Crippen LogP contribution is 2.42. The minimum atomic E-state index is 0.526. The molecule has 0 N–H and O–H groups in total. The first-order chi connectivity index (χ1) is 22.0. The van der Waals surface area contributed by atoms with E-state index in [2.05, 4.69) is 125 Å². The molecule has 212 valence electrons. The van der Waals surface area contributed by atoms with Crippen molar-refractivity contribution in [2.75, 3.05) is 0 Å². The standard InChI is InChI=1S/C41H28N4/c1-25-13-16-29(35(19-25)43-4)34-23-41(45-37-12-8-6-10-31(37)33-18-15-27(3)21-39(33)45)40(22-28(34)24-42)44-36-11-7-5-9-30(36)32-17-14-26(2)20-38(32)44/h5-23H,1-3H3. The molecule has 0 amide bonds. The molecule has 6 aromatic carbocycles. The number of aryl methyl sites for hydroxylation is 3. The normalized spacial score (nSPS) is 11.4. The number of para-hydroxylation sites is 2. The molecule has 0 fully saturated rings. The molecule has 2 heterocycles. The molecule has 0 aliphatic rings. The third kappa shape index (κ3) is 3.97. The van der Waals surface area contributed by atoms with Gasteiger partial charge in [0.15, 0.2) is 5.69 Å². The Bertz CT molecular complexity index is 2600. The average Bonchev–Trinajstić information content (AvgIpc) is 3.55. The van der Waals surface area contributed by atoms with Gasteiger partial charge in [0.25, 0.3) is 0 Å². The zero-order chi connectivity index (χ0) is 30.8. The Morgan fingerprint density at radius 3 is 1.58 bits per heavy atom. The number of nitriles is 1. The predicted molar refractivity (Wildman–Crippen MR) is 186 cm³/mol. The minimum absolute atomic E-state index is 0.526.